The van der Waals surface area contributed by atoms with Gasteiger partial charge >= 0.3 is 0 Å². The van der Waals surface area contributed by atoms with Crippen molar-refractivity contribution in [3.8, 4) is 5.75 Å². The summed E-state index contributed by atoms with van der Waals surface area (Å²) < 4.78 is 24.8. The zero-order valence-electron chi connectivity index (χ0n) is 17.2. The van der Waals surface area contributed by atoms with Crippen LogP contribution in [-0.4, -0.2) is 54.0 Å². The minimum atomic E-state index is -0.433. The highest BCUT2D eigenvalue weighted by Crippen LogP contribution is 2.34. The van der Waals surface area contributed by atoms with E-state index in [9.17, 15) is 9.18 Å². The maximum Gasteiger partial charge on any atom is 0.247 e. The van der Waals surface area contributed by atoms with Gasteiger partial charge in [0, 0.05) is 24.2 Å². The summed E-state index contributed by atoms with van der Waals surface area (Å²) in [6.07, 6.45) is 3.72. The van der Waals surface area contributed by atoms with Gasteiger partial charge in [-0.15, -0.1) is 10.2 Å². The Morgan fingerprint density at radius 3 is 2.90 bits per heavy atom. The van der Waals surface area contributed by atoms with Crippen LogP contribution >= 0.6 is 0 Å². The SMILES string of the molecule is COc1ccc(Cc2nnc(C3CNN4C(C5CCNCC5)=CC(=O)NC34)o2)cc1F. The molecular formula is C21H25FN6O3. The Hall–Kier alpha value is -2.98. The first-order valence-corrected chi connectivity index (χ1v) is 10.5. The zero-order chi connectivity index (χ0) is 21.4. The molecule has 31 heavy (non-hydrogen) atoms. The summed E-state index contributed by atoms with van der Waals surface area (Å²) in [7, 11) is 1.43. The maximum absolute atomic E-state index is 14.0. The van der Waals surface area contributed by atoms with Crippen LogP contribution in [0.3, 0.4) is 0 Å². The first kappa shape index (κ1) is 20.0. The molecule has 2 unspecified atom stereocenters. The number of nitrogens with one attached hydrogen (secondary N) is 3. The van der Waals surface area contributed by atoms with E-state index in [4.69, 9.17) is 9.15 Å². The lowest BCUT2D eigenvalue weighted by Gasteiger charge is -2.38. The van der Waals surface area contributed by atoms with Gasteiger partial charge < -0.3 is 19.8 Å². The van der Waals surface area contributed by atoms with Crippen LogP contribution < -0.4 is 20.8 Å². The van der Waals surface area contributed by atoms with Crippen molar-refractivity contribution in [1.82, 2.24) is 31.3 Å². The largest absolute Gasteiger partial charge is 0.494 e. The van der Waals surface area contributed by atoms with Crippen molar-refractivity contribution >= 4 is 5.91 Å². The highest BCUT2D eigenvalue weighted by molar-refractivity contribution is 5.89. The van der Waals surface area contributed by atoms with Gasteiger partial charge in [-0.3, -0.25) is 9.80 Å². The Balaban J connectivity index is 1.32. The number of nitrogens with zero attached hydrogens (tertiary/aromatic N) is 3. The number of amides is 1. The minimum absolute atomic E-state index is 0.100. The fourth-order valence-corrected chi connectivity index (χ4v) is 4.53. The number of hydrogen-bond acceptors (Lipinski definition) is 8. The number of aromatic nitrogens is 2. The van der Waals surface area contributed by atoms with E-state index in [1.165, 1.54) is 13.2 Å². The Bertz CT molecular complexity index is 1000. The van der Waals surface area contributed by atoms with Crippen LogP contribution in [0, 0.1) is 11.7 Å². The highest BCUT2D eigenvalue weighted by atomic mass is 19.1. The molecule has 0 spiro atoms. The number of carbonyl (C=O) groups is 1. The molecule has 2 saturated heterocycles. The van der Waals surface area contributed by atoms with Gasteiger partial charge in [0.15, 0.2) is 11.6 Å². The second kappa shape index (κ2) is 8.27. The van der Waals surface area contributed by atoms with Gasteiger partial charge in [0.2, 0.25) is 17.7 Å². The number of piperidine rings is 1. The van der Waals surface area contributed by atoms with E-state index < -0.39 is 5.82 Å². The molecule has 10 heteroatoms. The van der Waals surface area contributed by atoms with Crippen LogP contribution in [0.1, 0.15) is 36.1 Å². The Morgan fingerprint density at radius 2 is 2.13 bits per heavy atom. The Labute approximate surface area is 179 Å². The fourth-order valence-electron chi connectivity index (χ4n) is 4.53. The number of halogens is 1. The van der Waals surface area contributed by atoms with E-state index >= 15 is 0 Å². The minimum Gasteiger partial charge on any atom is -0.494 e. The van der Waals surface area contributed by atoms with Gasteiger partial charge in [-0.25, -0.2) is 9.82 Å². The molecule has 0 saturated carbocycles. The topological polar surface area (TPSA) is 105 Å². The average Bonchev–Trinajstić information content (AvgIpc) is 3.40. The lowest BCUT2D eigenvalue weighted by molar-refractivity contribution is -0.119. The number of benzene rings is 1. The Morgan fingerprint density at radius 1 is 1.29 bits per heavy atom. The monoisotopic (exact) mass is 428 g/mol. The van der Waals surface area contributed by atoms with Crippen LogP contribution in [0.2, 0.25) is 0 Å². The molecule has 164 valence electrons. The number of hydrazine groups is 1. The molecule has 2 atom stereocenters. The van der Waals surface area contributed by atoms with E-state index in [2.05, 4.69) is 26.3 Å². The van der Waals surface area contributed by atoms with Crippen molar-refractivity contribution in [1.29, 1.82) is 0 Å². The van der Waals surface area contributed by atoms with E-state index in [0.717, 1.165) is 31.6 Å². The first-order chi connectivity index (χ1) is 15.1. The Kier molecular flexibility index (Phi) is 5.33. The van der Waals surface area contributed by atoms with E-state index in [-0.39, 0.29) is 23.7 Å². The summed E-state index contributed by atoms with van der Waals surface area (Å²) in [4.78, 5) is 12.4. The number of allylic oxidation sites excluding steroid dienone is 1. The number of methoxy groups -OCH3 is 1. The second-order valence-corrected chi connectivity index (χ2v) is 8.07. The summed E-state index contributed by atoms with van der Waals surface area (Å²) in [5, 5.41) is 16.8. The first-order valence-electron chi connectivity index (χ1n) is 10.5. The molecule has 2 fully saturated rings. The predicted molar refractivity (Wildman–Crippen MR) is 108 cm³/mol. The molecule has 4 heterocycles. The number of hydrogen-bond donors (Lipinski definition) is 3. The molecule has 0 bridgehead atoms. The predicted octanol–water partition coefficient (Wildman–Crippen LogP) is 1.05. The third kappa shape index (κ3) is 3.88. The number of fused-ring (bicyclic) bond motifs is 1. The van der Waals surface area contributed by atoms with Crippen molar-refractivity contribution in [3.05, 3.63) is 53.1 Å². The van der Waals surface area contributed by atoms with Crippen molar-refractivity contribution in [3.63, 3.8) is 0 Å². The third-order valence-corrected chi connectivity index (χ3v) is 6.12. The molecule has 3 N–H and O–H groups in total. The van der Waals surface area contributed by atoms with Crippen LogP contribution in [0.4, 0.5) is 4.39 Å². The average molecular weight is 428 g/mol. The maximum atomic E-state index is 14.0. The number of rotatable bonds is 5. The summed E-state index contributed by atoms with van der Waals surface area (Å²) in [5.41, 5.74) is 5.12. The van der Waals surface area contributed by atoms with Crippen LogP contribution in [0.5, 0.6) is 5.75 Å². The molecule has 3 aliphatic heterocycles. The highest BCUT2D eigenvalue weighted by Gasteiger charge is 2.44. The van der Waals surface area contributed by atoms with E-state index in [1.54, 1.807) is 18.2 Å². The number of carbonyl (C=O) groups excluding carboxylic acids is 1. The second-order valence-electron chi connectivity index (χ2n) is 8.07. The molecule has 2 aromatic rings. The summed E-state index contributed by atoms with van der Waals surface area (Å²) in [5.74, 6) is 0.671. The van der Waals surface area contributed by atoms with Crippen LogP contribution in [0.15, 0.2) is 34.4 Å². The van der Waals surface area contributed by atoms with Crippen LogP contribution in [-0.2, 0) is 11.2 Å². The lowest BCUT2D eigenvalue weighted by Crippen LogP contribution is -2.53. The number of ether oxygens (including phenoxy) is 1. The lowest BCUT2D eigenvalue weighted by atomic mass is 9.92. The summed E-state index contributed by atoms with van der Waals surface area (Å²) >= 11 is 0. The van der Waals surface area contributed by atoms with Crippen molar-refractivity contribution in [2.24, 2.45) is 5.92 Å². The van der Waals surface area contributed by atoms with Gasteiger partial charge in [0.25, 0.3) is 0 Å². The van der Waals surface area contributed by atoms with Crippen molar-refractivity contribution in [2.45, 2.75) is 31.3 Å². The molecular weight excluding hydrogens is 403 g/mol. The van der Waals surface area contributed by atoms with E-state index in [0.29, 0.717) is 36.2 Å². The van der Waals surface area contributed by atoms with Gasteiger partial charge in [0.1, 0.15) is 6.17 Å². The van der Waals surface area contributed by atoms with Crippen molar-refractivity contribution in [2.75, 3.05) is 26.7 Å². The summed E-state index contributed by atoms with van der Waals surface area (Å²) in [6, 6.07) is 4.74. The molecule has 5 rings (SSSR count). The summed E-state index contributed by atoms with van der Waals surface area (Å²) in [6.45, 7) is 2.47. The van der Waals surface area contributed by atoms with Gasteiger partial charge in [0.05, 0.1) is 19.4 Å². The quantitative estimate of drug-likeness (QED) is 0.649. The third-order valence-electron chi connectivity index (χ3n) is 6.12. The van der Waals surface area contributed by atoms with Crippen LogP contribution in [0.25, 0.3) is 0 Å². The van der Waals surface area contributed by atoms with Crippen molar-refractivity contribution < 1.29 is 18.3 Å². The van der Waals surface area contributed by atoms with E-state index in [1.807, 2.05) is 5.01 Å². The van der Waals surface area contributed by atoms with Gasteiger partial charge in [-0.05, 0) is 43.6 Å². The standard InChI is InChI=1S/C21H25FN6O3/c1-30-17-3-2-12(8-15(17)22)9-19-26-27-21(31-19)14-11-24-28-16(10-18(29)25-20(14)28)13-4-6-23-7-5-13/h2-3,8,10,13-14,20,23-24H,4-7,9,11H2,1H3,(H,25,29). The van der Waals surface area contributed by atoms with Gasteiger partial charge in [-0.1, -0.05) is 6.07 Å². The molecule has 0 aliphatic carbocycles. The molecule has 1 aromatic carbocycles. The molecule has 3 aliphatic rings. The molecule has 1 amide bonds. The normalized spacial score (nSPS) is 24.0. The fraction of sp³-hybridized carbons (Fsp3) is 0.476. The molecule has 1 aromatic heterocycles. The zero-order valence-corrected chi connectivity index (χ0v) is 17.2. The molecule has 9 nitrogen and oxygen atoms in total. The van der Waals surface area contributed by atoms with Gasteiger partial charge in [-0.2, -0.15) is 0 Å². The molecule has 0 radical (unpaired) electrons. The smallest absolute Gasteiger partial charge is 0.247 e.